The van der Waals surface area contributed by atoms with E-state index in [9.17, 15) is 4.39 Å². The molecule has 0 aliphatic carbocycles. The number of aromatic nitrogens is 2. The lowest BCUT2D eigenvalue weighted by atomic mass is 9.90. The van der Waals surface area contributed by atoms with Crippen molar-refractivity contribution in [2.24, 2.45) is 0 Å². The molecule has 0 saturated carbocycles. The number of hydrogen-bond acceptors (Lipinski definition) is 3. The van der Waals surface area contributed by atoms with Gasteiger partial charge in [0, 0.05) is 18.5 Å². The van der Waals surface area contributed by atoms with E-state index in [0.29, 0.717) is 17.7 Å². The Morgan fingerprint density at radius 2 is 1.52 bits per heavy atom. The molecule has 0 bridgehead atoms. The van der Waals surface area contributed by atoms with E-state index in [2.05, 4.69) is 29.9 Å². The summed E-state index contributed by atoms with van der Waals surface area (Å²) in [7, 11) is 1.61. The van der Waals surface area contributed by atoms with Gasteiger partial charge in [0.15, 0.2) is 0 Å². The monoisotopic (exact) mass is 288 g/mol. The molecule has 0 radical (unpaired) electrons. The van der Waals surface area contributed by atoms with Crippen LogP contribution in [0, 0.1) is 5.95 Å². The van der Waals surface area contributed by atoms with Crippen LogP contribution in [0.5, 0.6) is 5.88 Å². The Kier molecular flexibility index (Phi) is 5.26. The van der Waals surface area contributed by atoms with E-state index < -0.39 is 5.95 Å². The molecule has 2 heterocycles. The minimum Gasteiger partial charge on any atom is -0.481 e. The van der Waals surface area contributed by atoms with Gasteiger partial charge in [0.1, 0.15) is 0 Å². The molecule has 2 aromatic rings. The van der Waals surface area contributed by atoms with Gasteiger partial charge in [-0.05, 0) is 41.9 Å². The predicted octanol–water partition coefficient (Wildman–Crippen LogP) is 4.31. The summed E-state index contributed by atoms with van der Waals surface area (Å²) < 4.78 is 17.9. The first-order chi connectivity index (χ1) is 10.1. The summed E-state index contributed by atoms with van der Waals surface area (Å²) in [5, 5.41) is 0. The smallest absolute Gasteiger partial charge is 0.212 e. The van der Waals surface area contributed by atoms with Gasteiger partial charge in [-0.15, -0.1) is 0 Å². The Bertz CT molecular complexity index is 554. The fourth-order valence-corrected chi connectivity index (χ4v) is 2.32. The Balaban J connectivity index is 1.90. The van der Waals surface area contributed by atoms with Gasteiger partial charge < -0.3 is 4.74 Å². The maximum atomic E-state index is 12.8. The first-order valence-corrected chi connectivity index (χ1v) is 7.21. The van der Waals surface area contributed by atoms with Crippen LogP contribution in [0.25, 0.3) is 0 Å². The zero-order chi connectivity index (χ0) is 15.2. The molecular formula is C17H21FN2O. The van der Waals surface area contributed by atoms with Crippen LogP contribution in [0.15, 0.2) is 36.7 Å². The van der Waals surface area contributed by atoms with Gasteiger partial charge >= 0.3 is 0 Å². The first kappa shape index (κ1) is 15.4. The van der Waals surface area contributed by atoms with Crippen LogP contribution in [0.3, 0.4) is 0 Å². The zero-order valence-corrected chi connectivity index (χ0v) is 12.7. The van der Waals surface area contributed by atoms with Gasteiger partial charge in [-0.3, -0.25) is 0 Å². The van der Waals surface area contributed by atoms with Crippen LogP contribution in [0.1, 0.15) is 49.7 Å². The van der Waals surface area contributed by atoms with Gasteiger partial charge in [-0.1, -0.05) is 26.0 Å². The number of halogens is 1. The summed E-state index contributed by atoms with van der Waals surface area (Å²) in [5.74, 6) is 1.01. The molecule has 2 atom stereocenters. The van der Waals surface area contributed by atoms with Crippen molar-refractivity contribution < 1.29 is 9.13 Å². The maximum Gasteiger partial charge on any atom is 0.212 e. The third kappa shape index (κ3) is 4.25. The summed E-state index contributed by atoms with van der Waals surface area (Å²) >= 11 is 0. The molecule has 0 spiro atoms. The van der Waals surface area contributed by atoms with Crippen molar-refractivity contribution in [3.05, 3.63) is 53.7 Å². The lowest BCUT2D eigenvalue weighted by Crippen LogP contribution is -2.00. The molecule has 4 heteroatoms. The fourth-order valence-electron chi connectivity index (χ4n) is 2.32. The molecule has 0 N–H and O–H groups in total. The highest BCUT2D eigenvalue weighted by atomic mass is 19.1. The van der Waals surface area contributed by atoms with E-state index in [1.165, 1.54) is 11.6 Å². The van der Waals surface area contributed by atoms with Crippen molar-refractivity contribution in [3.63, 3.8) is 0 Å². The van der Waals surface area contributed by atoms with Crippen molar-refractivity contribution in [1.82, 2.24) is 9.97 Å². The Hall–Kier alpha value is -1.97. The van der Waals surface area contributed by atoms with Crippen LogP contribution in [-0.4, -0.2) is 17.1 Å². The van der Waals surface area contributed by atoms with Crippen molar-refractivity contribution in [2.45, 2.75) is 38.5 Å². The van der Waals surface area contributed by atoms with Gasteiger partial charge in [-0.2, -0.15) is 4.39 Å². The minimum absolute atomic E-state index is 0.367. The number of pyridine rings is 2. The van der Waals surface area contributed by atoms with Crippen LogP contribution in [0.4, 0.5) is 4.39 Å². The van der Waals surface area contributed by atoms with Crippen molar-refractivity contribution in [3.8, 4) is 5.88 Å². The molecule has 0 aliphatic heterocycles. The van der Waals surface area contributed by atoms with Crippen molar-refractivity contribution in [2.75, 3.05) is 7.11 Å². The highest BCUT2D eigenvalue weighted by molar-refractivity contribution is 5.21. The van der Waals surface area contributed by atoms with Crippen LogP contribution < -0.4 is 4.74 Å². The van der Waals surface area contributed by atoms with Crippen LogP contribution in [-0.2, 0) is 0 Å². The molecule has 0 aliphatic rings. The molecule has 0 amide bonds. The van der Waals surface area contributed by atoms with Crippen LogP contribution >= 0.6 is 0 Å². The third-order valence-corrected chi connectivity index (χ3v) is 3.89. The SMILES string of the molecule is COc1ccc(C(C)CCC(C)c2ccc(F)nc2)cn1. The second kappa shape index (κ2) is 7.16. The number of ether oxygens (including phenoxy) is 1. The van der Waals surface area contributed by atoms with E-state index in [4.69, 9.17) is 4.74 Å². The zero-order valence-electron chi connectivity index (χ0n) is 12.7. The summed E-state index contributed by atoms with van der Waals surface area (Å²) in [6, 6.07) is 7.18. The average molecular weight is 288 g/mol. The molecule has 0 saturated heterocycles. The summed E-state index contributed by atoms with van der Waals surface area (Å²) in [4.78, 5) is 7.95. The van der Waals surface area contributed by atoms with Gasteiger partial charge in [0.2, 0.25) is 11.8 Å². The van der Waals surface area contributed by atoms with E-state index in [1.807, 2.05) is 18.3 Å². The molecule has 3 nitrogen and oxygen atoms in total. The quantitative estimate of drug-likeness (QED) is 0.743. The average Bonchev–Trinajstić information content (AvgIpc) is 2.53. The molecular weight excluding hydrogens is 267 g/mol. The Morgan fingerprint density at radius 1 is 0.952 bits per heavy atom. The van der Waals surface area contributed by atoms with E-state index in [1.54, 1.807) is 13.3 Å². The number of nitrogens with zero attached hydrogens (tertiary/aromatic N) is 2. The topological polar surface area (TPSA) is 35.0 Å². The third-order valence-electron chi connectivity index (χ3n) is 3.89. The number of methoxy groups -OCH3 is 1. The fraction of sp³-hybridized carbons (Fsp3) is 0.412. The predicted molar refractivity (Wildman–Crippen MR) is 81.0 cm³/mol. The lowest BCUT2D eigenvalue weighted by molar-refractivity contribution is 0.397. The Morgan fingerprint density at radius 3 is 1.95 bits per heavy atom. The van der Waals surface area contributed by atoms with E-state index in [-0.39, 0.29) is 0 Å². The van der Waals surface area contributed by atoms with Gasteiger partial charge in [0.25, 0.3) is 0 Å². The minimum atomic E-state index is -0.427. The highest BCUT2D eigenvalue weighted by Gasteiger charge is 2.11. The van der Waals surface area contributed by atoms with Crippen LogP contribution in [0.2, 0.25) is 0 Å². The second-order valence-corrected chi connectivity index (χ2v) is 5.43. The second-order valence-electron chi connectivity index (χ2n) is 5.43. The van der Waals surface area contributed by atoms with Crippen molar-refractivity contribution in [1.29, 1.82) is 0 Å². The molecule has 0 aromatic carbocycles. The van der Waals surface area contributed by atoms with Crippen molar-refractivity contribution >= 4 is 0 Å². The van der Waals surface area contributed by atoms with Gasteiger partial charge in [0.05, 0.1) is 7.11 Å². The standard InChI is InChI=1S/C17H21FN2O/c1-12(14-6-8-16(18)19-10-14)4-5-13(2)15-7-9-17(21-3)20-11-15/h6-13H,4-5H2,1-3H3. The molecule has 2 aromatic heterocycles. The largest absolute Gasteiger partial charge is 0.481 e. The first-order valence-electron chi connectivity index (χ1n) is 7.21. The molecule has 0 fully saturated rings. The van der Waals surface area contributed by atoms with E-state index >= 15 is 0 Å². The lowest BCUT2D eigenvalue weighted by Gasteiger charge is -2.16. The molecule has 112 valence electrons. The van der Waals surface area contributed by atoms with E-state index in [0.717, 1.165) is 18.4 Å². The highest BCUT2D eigenvalue weighted by Crippen LogP contribution is 2.27. The molecule has 2 rings (SSSR count). The van der Waals surface area contributed by atoms with Gasteiger partial charge in [-0.25, -0.2) is 9.97 Å². The molecule has 21 heavy (non-hydrogen) atoms. The summed E-state index contributed by atoms with van der Waals surface area (Å²) in [6.45, 7) is 4.34. The summed E-state index contributed by atoms with van der Waals surface area (Å²) in [5.41, 5.74) is 2.29. The Labute approximate surface area is 125 Å². The molecule has 2 unspecified atom stereocenters. The number of rotatable bonds is 6. The normalized spacial score (nSPS) is 13.7. The number of hydrogen-bond donors (Lipinski definition) is 0. The maximum absolute atomic E-state index is 12.8. The summed E-state index contributed by atoms with van der Waals surface area (Å²) in [6.07, 6.45) is 5.57.